The van der Waals surface area contributed by atoms with Crippen molar-refractivity contribution in [1.82, 2.24) is 9.97 Å². The molecule has 2 rings (SSSR count). The molecule has 2 aromatic heterocycles. The molecule has 0 radical (unpaired) electrons. The van der Waals surface area contributed by atoms with Crippen molar-refractivity contribution < 1.29 is 0 Å². The van der Waals surface area contributed by atoms with E-state index in [4.69, 9.17) is 0 Å². The summed E-state index contributed by atoms with van der Waals surface area (Å²) < 4.78 is 0. The molecule has 0 saturated heterocycles. The fraction of sp³-hybridized carbons (Fsp3) is 0.143. The van der Waals surface area contributed by atoms with Crippen molar-refractivity contribution in [3.8, 4) is 23.3 Å². The Labute approximate surface area is 105 Å². The summed E-state index contributed by atoms with van der Waals surface area (Å²) >= 11 is 0. The Bertz CT molecular complexity index is 637. The molecule has 0 aliphatic carbocycles. The minimum absolute atomic E-state index is 0.448. The van der Waals surface area contributed by atoms with Crippen LogP contribution in [0, 0.1) is 36.5 Å². The second-order valence-corrected chi connectivity index (χ2v) is 3.87. The summed E-state index contributed by atoms with van der Waals surface area (Å²) in [5, 5.41) is 18.5. The van der Waals surface area contributed by atoms with E-state index in [0.717, 1.165) is 5.56 Å². The first-order valence-corrected chi connectivity index (χ1v) is 5.40. The van der Waals surface area contributed by atoms with E-state index in [1.807, 2.05) is 0 Å². The van der Waals surface area contributed by atoms with Crippen LogP contribution in [0.3, 0.4) is 0 Å². The number of pyridine rings is 2. The third-order valence-corrected chi connectivity index (χ3v) is 2.75. The van der Waals surface area contributed by atoms with Gasteiger partial charge in [-0.15, -0.1) is 0 Å². The van der Waals surface area contributed by atoms with Crippen molar-refractivity contribution in [2.75, 3.05) is 0 Å². The van der Waals surface area contributed by atoms with Crippen LogP contribution >= 0.6 is 0 Å². The topological polar surface area (TPSA) is 73.4 Å². The molecule has 0 amide bonds. The van der Waals surface area contributed by atoms with Crippen LogP contribution in [0.4, 0.5) is 0 Å². The maximum atomic E-state index is 9.26. The van der Waals surface area contributed by atoms with Crippen LogP contribution < -0.4 is 0 Å². The number of hydrogen-bond acceptors (Lipinski definition) is 4. The Hall–Kier alpha value is -2.72. The van der Waals surface area contributed by atoms with Gasteiger partial charge in [0.2, 0.25) is 0 Å². The zero-order valence-electron chi connectivity index (χ0n) is 10.1. The maximum Gasteiger partial charge on any atom is 0.102 e. The summed E-state index contributed by atoms with van der Waals surface area (Å²) in [5.41, 5.74) is 3.63. The summed E-state index contributed by atoms with van der Waals surface area (Å²) in [6.45, 7) is 3.55. The number of nitrogens with zero attached hydrogens (tertiary/aromatic N) is 4. The van der Waals surface area contributed by atoms with Gasteiger partial charge in [-0.1, -0.05) is 0 Å². The molecule has 18 heavy (non-hydrogen) atoms. The van der Waals surface area contributed by atoms with Gasteiger partial charge in [0.15, 0.2) is 0 Å². The minimum Gasteiger partial charge on any atom is -0.265 e. The van der Waals surface area contributed by atoms with E-state index in [1.54, 1.807) is 38.4 Å². The molecule has 0 N–H and O–H groups in total. The van der Waals surface area contributed by atoms with Crippen molar-refractivity contribution >= 4 is 0 Å². The van der Waals surface area contributed by atoms with Gasteiger partial charge in [0.05, 0.1) is 22.5 Å². The zero-order valence-corrected chi connectivity index (χ0v) is 10.1. The van der Waals surface area contributed by atoms with Crippen molar-refractivity contribution in [3.63, 3.8) is 0 Å². The number of nitriles is 2. The van der Waals surface area contributed by atoms with E-state index in [9.17, 15) is 10.5 Å². The zero-order chi connectivity index (χ0) is 13.1. The van der Waals surface area contributed by atoms with Crippen molar-refractivity contribution in [2.24, 2.45) is 0 Å². The molecule has 86 valence electrons. The fourth-order valence-electron chi connectivity index (χ4n) is 1.93. The molecule has 2 aromatic rings. The quantitative estimate of drug-likeness (QED) is 0.759. The van der Waals surface area contributed by atoms with E-state index in [1.165, 1.54) is 0 Å². The van der Waals surface area contributed by atoms with Crippen LogP contribution in [0.15, 0.2) is 24.5 Å². The molecule has 0 fully saturated rings. The van der Waals surface area contributed by atoms with E-state index in [2.05, 4.69) is 22.1 Å². The lowest BCUT2D eigenvalue weighted by Crippen LogP contribution is -2.00. The van der Waals surface area contributed by atoms with Gasteiger partial charge in [-0.05, 0) is 31.5 Å². The van der Waals surface area contributed by atoms with Gasteiger partial charge in [-0.2, -0.15) is 10.5 Å². The average Bonchev–Trinajstić information content (AvgIpc) is 2.39. The van der Waals surface area contributed by atoms with E-state index < -0.39 is 0 Å². The first kappa shape index (κ1) is 11.8. The SMILES string of the molecule is Cc1nc(C)c(C#N)c(-c2ccncc2)c1C#N. The van der Waals surface area contributed by atoms with E-state index in [0.29, 0.717) is 28.1 Å². The van der Waals surface area contributed by atoms with Crippen molar-refractivity contribution in [2.45, 2.75) is 13.8 Å². The molecule has 0 aliphatic heterocycles. The molecule has 4 heteroatoms. The van der Waals surface area contributed by atoms with E-state index in [-0.39, 0.29) is 0 Å². The highest BCUT2D eigenvalue weighted by Gasteiger charge is 2.16. The number of aromatic nitrogens is 2. The van der Waals surface area contributed by atoms with Crippen LogP contribution in [0.25, 0.3) is 11.1 Å². The highest BCUT2D eigenvalue weighted by molar-refractivity contribution is 5.77. The predicted molar refractivity (Wildman–Crippen MR) is 66.4 cm³/mol. The summed E-state index contributed by atoms with van der Waals surface area (Å²) in [6, 6.07) is 7.84. The largest absolute Gasteiger partial charge is 0.265 e. The summed E-state index contributed by atoms with van der Waals surface area (Å²) in [7, 11) is 0. The Morgan fingerprint density at radius 2 is 1.44 bits per heavy atom. The van der Waals surface area contributed by atoms with Gasteiger partial charge in [0, 0.05) is 18.0 Å². The third-order valence-electron chi connectivity index (χ3n) is 2.75. The Kier molecular flexibility index (Phi) is 3.03. The maximum absolute atomic E-state index is 9.26. The van der Waals surface area contributed by atoms with Gasteiger partial charge in [-0.3, -0.25) is 9.97 Å². The van der Waals surface area contributed by atoms with Crippen LogP contribution in [0.1, 0.15) is 22.5 Å². The number of hydrogen-bond donors (Lipinski definition) is 0. The lowest BCUT2D eigenvalue weighted by molar-refractivity contribution is 1.10. The van der Waals surface area contributed by atoms with Crippen molar-refractivity contribution in [1.29, 1.82) is 10.5 Å². The van der Waals surface area contributed by atoms with Gasteiger partial charge < -0.3 is 0 Å². The summed E-state index contributed by atoms with van der Waals surface area (Å²) in [4.78, 5) is 8.19. The van der Waals surface area contributed by atoms with Crippen LogP contribution in [-0.4, -0.2) is 9.97 Å². The monoisotopic (exact) mass is 234 g/mol. The lowest BCUT2D eigenvalue weighted by Gasteiger charge is -2.10. The molecule has 0 aromatic carbocycles. The van der Waals surface area contributed by atoms with Crippen LogP contribution in [-0.2, 0) is 0 Å². The molecule has 0 aliphatic rings. The van der Waals surface area contributed by atoms with E-state index >= 15 is 0 Å². The van der Waals surface area contributed by atoms with Gasteiger partial charge in [-0.25, -0.2) is 0 Å². The molecule has 0 spiro atoms. The summed E-state index contributed by atoms with van der Waals surface area (Å²) in [6.07, 6.45) is 3.28. The van der Waals surface area contributed by atoms with Gasteiger partial charge in [0.25, 0.3) is 0 Å². The van der Waals surface area contributed by atoms with Gasteiger partial charge in [0.1, 0.15) is 12.1 Å². The predicted octanol–water partition coefficient (Wildman–Crippen LogP) is 2.50. The number of aryl methyl sites for hydroxylation is 2. The third kappa shape index (κ3) is 1.81. The molecular formula is C14H10N4. The molecule has 0 unspecified atom stereocenters. The Morgan fingerprint density at radius 1 is 0.944 bits per heavy atom. The average molecular weight is 234 g/mol. The molecule has 0 bridgehead atoms. The van der Waals surface area contributed by atoms with Crippen LogP contribution in [0.5, 0.6) is 0 Å². The van der Waals surface area contributed by atoms with Crippen molar-refractivity contribution in [3.05, 3.63) is 47.0 Å². The highest BCUT2D eigenvalue weighted by Crippen LogP contribution is 2.29. The standard InChI is InChI=1S/C14H10N4/c1-9-12(7-15)14(11-3-5-17-6-4-11)13(8-16)10(2)18-9/h3-6H,1-2H3. The Morgan fingerprint density at radius 3 is 1.89 bits per heavy atom. The fourth-order valence-corrected chi connectivity index (χ4v) is 1.93. The van der Waals surface area contributed by atoms with Crippen LogP contribution in [0.2, 0.25) is 0 Å². The smallest absolute Gasteiger partial charge is 0.102 e. The minimum atomic E-state index is 0.448. The number of rotatable bonds is 1. The Balaban J connectivity index is 2.89. The summed E-state index contributed by atoms with van der Waals surface area (Å²) in [5.74, 6) is 0. The first-order valence-electron chi connectivity index (χ1n) is 5.40. The normalized spacial score (nSPS) is 9.56. The second-order valence-electron chi connectivity index (χ2n) is 3.87. The molecule has 2 heterocycles. The highest BCUT2D eigenvalue weighted by atomic mass is 14.7. The first-order chi connectivity index (χ1) is 8.69. The van der Waals surface area contributed by atoms with Gasteiger partial charge >= 0.3 is 0 Å². The molecule has 4 nitrogen and oxygen atoms in total. The molecule has 0 atom stereocenters. The molecule has 0 saturated carbocycles. The lowest BCUT2D eigenvalue weighted by atomic mass is 9.94. The molecular weight excluding hydrogens is 224 g/mol. The second kappa shape index (κ2) is 4.65.